The summed E-state index contributed by atoms with van der Waals surface area (Å²) in [6.45, 7) is 4.09. The molecule has 1 aliphatic rings. The normalized spacial score (nSPS) is 14.1. The van der Waals surface area contributed by atoms with E-state index in [1.807, 2.05) is 49.4 Å². The molecule has 0 atom stereocenters. The summed E-state index contributed by atoms with van der Waals surface area (Å²) in [5.74, 6) is 0.488. The third-order valence-electron chi connectivity index (χ3n) is 6.16. The molecule has 0 unspecified atom stereocenters. The van der Waals surface area contributed by atoms with Gasteiger partial charge in [-0.05, 0) is 74.2 Å². The van der Waals surface area contributed by atoms with E-state index in [9.17, 15) is 4.79 Å². The number of pyridine rings is 1. The van der Waals surface area contributed by atoms with Crippen molar-refractivity contribution in [1.82, 2.24) is 14.8 Å². The Morgan fingerprint density at radius 1 is 0.967 bits per heavy atom. The van der Waals surface area contributed by atoms with Gasteiger partial charge in [-0.3, -0.25) is 9.78 Å². The molecule has 2 aromatic heterocycles. The summed E-state index contributed by atoms with van der Waals surface area (Å²) in [5.41, 5.74) is 5.60. The zero-order valence-electron chi connectivity index (χ0n) is 17.0. The monoisotopic (exact) mass is 415 g/mol. The lowest BCUT2D eigenvalue weighted by molar-refractivity contribution is 0.411. The van der Waals surface area contributed by atoms with Crippen LogP contribution in [0.15, 0.2) is 59.5 Å². The van der Waals surface area contributed by atoms with Crippen molar-refractivity contribution < 1.29 is 0 Å². The van der Waals surface area contributed by atoms with Crippen molar-refractivity contribution in [2.75, 3.05) is 0 Å². The molecule has 2 aromatic carbocycles. The molecule has 30 heavy (non-hydrogen) atoms. The molecule has 2 heterocycles. The molecule has 5 rings (SSSR count). The van der Waals surface area contributed by atoms with Crippen molar-refractivity contribution in [1.29, 1.82) is 0 Å². The minimum Gasteiger partial charge on any atom is -0.267 e. The molecule has 0 radical (unpaired) electrons. The number of fused-ring (bicyclic) bond motifs is 1. The van der Waals surface area contributed by atoms with Gasteiger partial charge in [0.15, 0.2) is 0 Å². The zero-order chi connectivity index (χ0) is 20.8. The third-order valence-corrected chi connectivity index (χ3v) is 6.41. The van der Waals surface area contributed by atoms with E-state index < -0.39 is 0 Å². The van der Waals surface area contributed by atoms with Gasteiger partial charge in [0.2, 0.25) is 0 Å². The summed E-state index contributed by atoms with van der Waals surface area (Å²) in [6.07, 6.45) is 5.34. The smallest absolute Gasteiger partial charge is 0.267 e. The average Bonchev–Trinajstić information content (AvgIpc) is 2.70. The highest BCUT2D eigenvalue weighted by Crippen LogP contribution is 2.35. The number of hydrogen-bond acceptors (Lipinski definition) is 3. The second-order valence-corrected chi connectivity index (χ2v) is 8.56. The molecule has 1 saturated carbocycles. The van der Waals surface area contributed by atoms with Crippen LogP contribution in [0.5, 0.6) is 0 Å². The Kier molecular flexibility index (Phi) is 4.67. The van der Waals surface area contributed by atoms with E-state index in [1.165, 1.54) is 11.1 Å². The number of rotatable bonds is 3. The molecule has 4 nitrogen and oxygen atoms in total. The van der Waals surface area contributed by atoms with E-state index in [2.05, 4.69) is 18.0 Å². The second-order valence-electron chi connectivity index (χ2n) is 8.12. The van der Waals surface area contributed by atoms with Crippen LogP contribution < -0.4 is 5.56 Å². The lowest BCUT2D eigenvalue weighted by atomic mass is 9.82. The summed E-state index contributed by atoms with van der Waals surface area (Å²) >= 11 is 6.10. The predicted molar refractivity (Wildman–Crippen MR) is 122 cm³/mol. The van der Waals surface area contributed by atoms with Gasteiger partial charge in [-0.1, -0.05) is 30.2 Å². The van der Waals surface area contributed by atoms with Crippen molar-refractivity contribution in [2.45, 2.75) is 39.0 Å². The predicted octanol–water partition coefficient (Wildman–Crippen LogP) is 5.99. The first kappa shape index (κ1) is 19.0. The molecule has 150 valence electrons. The van der Waals surface area contributed by atoms with E-state index in [0.29, 0.717) is 16.3 Å². The molecule has 0 N–H and O–H groups in total. The van der Waals surface area contributed by atoms with Crippen LogP contribution in [0.3, 0.4) is 0 Å². The average molecular weight is 416 g/mol. The first-order chi connectivity index (χ1) is 14.5. The van der Waals surface area contributed by atoms with Crippen molar-refractivity contribution in [3.8, 4) is 16.9 Å². The van der Waals surface area contributed by atoms with Crippen LogP contribution in [0.2, 0.25) is 5.02 Å². The van der Waals surface area contributed by atoms with Crippen LogP contribution in [0.1, 0.15) is 42.0 Å². The molecular formula is C25H22ClN3O. The van der Waals surface area contributed by atoms with Gasteiger partial charge in [-0.15, -0.1) is 0 Å². The number of hydrogen-bond donors (Lipinski definition) is 0. The van der Waals surface area contributed by atoms with Gasteiger partial charge >= 0.3 is 0 Å². The quantitative estimate of drug-likeness (QED) is 0.413. The lowest BCUT2D eigenvalue weighted by Crippen LogP contribution is -2.23. The maximum atomic E-state index is 13.5. The van der Waals surface area contributed by atoms with Gasteiger partial charge in [0.25, 0.3) is 5.56 Å². The Labute approximate surface area is 180 Å². The minimum absolute atomic E-state index is 0.114. The van der Waals surface area contributed by atoms with Crippen LogP contribution in [0.4, 0.5) is 0 Å². The van der Waals surface area contributed by atoms with Gasteiger partial charge in [0.1, 0.15) is 0 Å². The highest BCUT2D eigenvalue weighted by atomic mass is 35.5. The number of halogens is 1. The second kappa shape index (κ2) is 7.37. The number of aryl methyl sites for hydroxylation is 2. The Balaban J connectivity index is 1.79. The molecule has 1 aliphatic carbocycles. The SMILES string of the molecule is Cc1cc2c(-c3ccc(Cl)cc3)nn(-c3ccnc(C4CCC4)c3)c(=O)c2cc1C. The summed E-state index contributed by atoms with van der Waals surface area (Å²) in [6, 6.07) is 15.5. The first-order valence-corrected chi connectivity index (χ1v) is 10.7. The molecule has 0 saturated heterocycles. The van der Waals surface area contributed by atoms with Crippen molar-refractivity contribution in [3.63, 3.8) is 0 Å². The fraction of sp³-hybridized carbons (Fsp3) is 0.240. The maximum absolute atomic E-state index is 13.5. The fourth-order valence-electron chi connectivity index (χ4n) is 3.99. The molecule has 1 fully saturated rings. The molecule has 0 aliphatic heterocycles. The number of benzene rings is 2. The van der Waals surface area contributed by atoms with Crippen LogP contribution in [0, 0.1) is 13.8 Å². The molecule has 0 spiro atoms. The molecule has 5 heteroatoms. The summed E-state index contributed by atoms with van der Waals surface area (Å²) in [4.78, 5) is 18.0. The lowest BCUT2D eigenvalue weighted by Gasteiger charge is -2.25. The highest BCUT2D eigenvalue weighted by Gasteiger charge is 2.22. The van der Waals surface area contributed by atoms with Crippen molar-refractivity contribution in [2.24, 2.45) is 0 Å². The number of nitrogens with zero attached hydrogens (tertiary/aromatic N) is 3. The number of aromatic nitrogens is 3. The standard InChI is InChI=1S/C25H22ClN3O/c1-15-12-21-22(13-16(15)2)25(30)29(28-24(21)18-6-8-19(26)9-7-18)20-10-11-27-23(14-20)17-4-3-5-17/h6-14,17H,3-5H2,1-2H3. The van der Waals surface area contributed by atoms with Crippen molar-refractivity contribution >= 4 is 22.4 Å². The van der Waals surface area contributed by atoms with E-state index in [4.69, 9.17) is 16.7 Å². The summed E-state index contributed by atoms with van der Waals surface area (Å²) < 4.78 is 1.52. The van der Waals surface area contributed by atoms with Gasteiger partial charge in [-0.25, -0.2) is 0 Å². The van der Waals surface area contributed by atoms with Crippen LogP contribution in [-0.2, 0) is 0 Å². The Hall–Kier alpha value is -2.98. The van der Waals surface area contributed by atoms with Crippen LogP contribution in [-0.4, -0.2) is 14.8 Å². The van der Waals surface area contributed by atoms with Crippen molar-refractivity contribution in [3.05, 3.63) is 86.9 Å². The topological polar surface area (TPSA) is 47.8 Å². The Bertz CT molecular complexity index is 1320. The fourth-order valence-corrected chi connectivity index (χ4v) is 4.12. The summed E-state index contributed by atoms with van der Waals surface area (Å²) in [5, 5.41) is 7.01. The van der Waals surface area contributed by atoms with Gasteiger partial charge < -0.3 is 0 Å². The van der Waals surface area contributed by atoms with Gasteiger partial charge in [0, 0.05) is 33.8 Å². The molecule has 0 bridgehead atoms. The zero-order valence-corrected chi connectivity index (χ0v) is 17.8. The summed E-state index contributed by atoms with van der Waals surface area (Å²) in [7, 11) is 0. The maximum Gasteiger partial charge on any atom is 0.279 e. The Morgan fingerprint density at radius 2 is 1.67 bits per heavy atom. The van der Waals surface area contributed by atoms with Crippen LogP contribution >= 0.6 is 11.6 Å². The van der Waals surface area contributed by atoms with Gasteiger partial charge in [-0.2, -0.15) is 9.78 Å². The largest absolute Gasteiger partial charge is 0.279 e. The van der Waals surface area contributed by atoms with E-state index in [0.717, 1.165) is 52.0 Å². The van der Waals surface area contributed by atoms with Crippen LogP contribution in [0.25, 0.3) is 27.7 Å². The first-order valence-electron chi connectivity index (χ1n) is 10.3. The molecule has 0 amide bonds. The molecule has 4 aromatic rings. The molecular weight excluding hydrogens is 394 g/mol. The van der Waals surface area contributed by atoms with E-state index >= 15 is 0 Å². The van der Waals surface area contributed by atoms with E-state index in [1.54, 1.807) is 6.20 Å². The minimum atomic E-state index is -0.114. The third kappa shape index (κ3) is 3.21. The Morgan fingerprint density at radius 3 is 2.33 bits per heavy atom. The van der Waals surface area contributed by atoms with E-state index in [-0.39, 0.29) is 5.56 Å². The highest BCUT2D eigenvalue weighted by molar-refractivity contribution is 6.30. The van der Waals surface area contributed by atoms with Gasteiger partial charge in [0.05, 0.1) is 16.8 Å².